The van der Waals surface area contributed by atoms with E-state index in [1.807, 2.05) is 0 Å². The molecule has 0 aromatic heterocycles. The van der Waals surface area contributed by atoms with Crippen molar-refractivity contribution in [3.05, 3.63) is 12.7 Å². The Morgan fingerprint density at radius 2 is 2.20 bits per heavy atom. The van der Waals surface area contributed by atoms with E-state index >= 15 is 0 Å². The summed E-state index contributed by atoms with van der Waals surface area (Å²) in [4.78, 5) is 0. The lowest BCUT2D eigenvalue weighted by atomic mass is 10.7. The molecule has 2 N–H and O–H groups in total. The van der Waals surface area contributed by atoms with Crippen molar-refractivity contribution in [3.8, 4) is 0 Å². The van der Waals surface area contributed by atoms with Gasteiger partial charge in [0, 0.05) is 0 Å². The second-order valence-corrected chi connectivity index (χ2v) is 1.18. The van der Waals surface area contributed by atoms with Gasteiger partial charge < -0.3 is 5.73 Å². The third kappa shape index (κ3) is 3.99. The smallest absolute Gasteiger partial charge is 0.0984 e. The Bertz CT molecular complexity index is 33.9. The standard InChI is InChI=1S/C3H6ClN/c1-2-3(4)5/h2-3H,1,5H2. The summed E-state index contributed by atoms with van der Waals surface area (Å²) in [6, 6.07) is 0. The molecule has 0 aliphatic rings. The molecular weight excluding hydrogens is 85.5 g/mol. The Labute approximate surface area is 36.4 Å². The molecule has 2 heteroatoms. The zero-order chi connectivity index (χ0) is 4.28. The lowest BCUT2D eigenvalue weighted by molar-refractivity contribution is 1.15. The van der Waals surface area contributed by atoms with Gasteiger partial charge in [0.1, 0.15) is 0 Å². The Kier molecular flexibility index (Phi) is 2.24. The first-order valence-electron chi connectivity index (χ1n) is 1.29. The highest BCUT2D eigenvalue weighted by molar-refractivity contribution is 6.21. The third-order valence-corrected chi connectivity index (χ3v) is 0.403. The summed E-state index contributed by atoms with van der Waals surface area (Å²) in [5, 5.41) is 0. The summed E-state index contributed by atoms with van der Waals surface area (Å²) < 4.78 is 0. The Morgan fingerprint density at radius 1 is 2.00 bits per heavy atom. The fourth-order valence-electron chi connectivity index (χ4n) is 0. The molecule has 0 rings (SSSR count). The zero-order valence-electron chi connectivity index (χ0n) is 2.82. The van der Waals surface area contributed by atoms with Crippen LogP contribution < -0.4 is 5.73 Å². The van der Waals surface area contributed by atoms with E-state index in [1.165, 1.54) is 6.08 Å². The summed E-state index contributed by atoms with van der Waals surface area (Å²) in [6.07, 6.45) is 1.46. The van der Waals surface area contributed by atoms with Crippen LogP contribution in [-0.4, -0.2) is 5.50 Å². The first kappa shape index (κ1) is 4.99. The Hall–Kier alpha value is -0.0100. The van der Waals surface area contributed by atoms with Gasteiger partial charge in [0.2, 0.25) is 0 Å². The van der Waals surface area contributed by atoms with Crippen molar-refractivity contribution in [3.63, 3.8) is 0 Å². The molecule has 0 amide bonds. The van der Waals surface area contributed by atoms with Crippen molar-refractivity contribution in [2.24, 2.45) is 5.73 Å². The number of nitrogens with two attached hydrogens (primary N) is 1. The van der Waals surface area contributed by atoms with Gasteiger partial charge in [-0.15, -0.1) is 18.2 Å². The molecule has 5 heavy (non-hydrogen) atoms. The molecule has 1 unspecified atom stereocenters. The number of alkyl halides is 1. The van der Waals surface area contributed by atoms with Crippen LogP contribution in [0, 0.1) is 0 Å². The van der Waals surface area contributed by atoms with Gasteiger partial charge in [-0.3, -0.25) is 0 Å². The molecule has 0 heterocycles. The van der Waals surface area contributed by atoms with Crippen LogP contribution in [-0.2, 0) is 0 Å². The molecule has 0 aliphatic heterocycles. The predicted molar refractivity (Wildman–Crippen MR) is 24.0 cm³/mol. The number of hydrogen-bond acceptors (Lipinski definition) is 1. The molecule has 0 spiro atoms. The third-order valence-electron chi connectivity index (χ3n) is 0.225. The summed E-state index contributed by atoms with van der Waals surface area (Å²) >= 11 is 5.12. The highest BCUT2D eigenvalue weighted by atomic mass is 35.5. The summed E-state index contributed by atoms with van der Waals surface area (Å²) in [7, 11) is 0. The number of halogens is 1. The molecule has 0 radical (unpaired) electrons. The van der Waals surface area contributed by atoms with Gasteiger partial charge in [0.05, 0.1) is 5.50 Å². The quantitative estimate of drug-likeness (QED) is 0.287. The zero-order valence-corrected chi connectivity index (χ0v) is 3.57. The lowest BCUT2D eigenvalue weighted by Crippen LogP contribution is -2.05. The van der Waals surface area contributed by atoms with E-state index in [-0.39, 0.29) is 5.50 Å². The molecule has 0 fully saturated rings. The Balaban J connectivity index is 2.83. The topological polar surface area (TPSA) is 26.0 Å². The maximum atomic E-state index is 5.12. The van der Waals surface area contributed by atoms with E-state index in [0.717, 1.165) is 0 Å². The van der Waals surface area contributed by atoms with E-state index in [1.54, 1.807) is 0 Å². The second kappa shape index (κ2) is 2.24. The SMILES string of the molecule is C=CC(N)Cl. The first-order valence-corrected chi connectivity index (χ1v) is 1.73. The van der Waals surface area contributed by atoms with Crippen LogP contribution in [0.2, 0.25) is 0 Å². The predicted octanol–water partition coefficient (Wildman–Crippen LogP) is 0.696. The normalized spacial score (nSPS) is 14.0. The van der Waals surface area contributed by atoms with Gasteiger partial charge in [-0.05, 0) is 0 Å². The summed E-state index contributed by atoms with van der Waals surface area (Å²) in [5.74, 6) is 0. The fraction of sp³-hybridized carbons (Fsp3) is 0.333. The average Bonchev–Trinajstić information content (AvgIpc) is 1.38. The van der Waals surface area contributed by atoms with Gasteiger partial charge in [-0.1, -0.05) is 6.08 Å². The molecular formula is C3H6ClN. The molecule has 1 nitrogen and oxygen atoms in total. The van der Waals surface area contributed by atoms with Crippen LogP contribution in [0.5, 0.6) is 0 Å². The van der Waals surface area contributed by atoms with Crippen molar-refractivity contribution in [2.75, 3.05) is 0 Å². The maximum Gasteiger partial charge on any atom is 0.0984 e. The van der Waals surface area contributed by atoms with E-state index in [0.29, 0.717) is 0 Å². The van der Waals surface area contributed by atoms with E-state index in [4.69, 9.17) is 17.3 Å². The highest BCUT2D eigenvalue weighted by Crippen LogP contribution is 1.80. The molecule has 0 aliphatic carbocycles. The van der Waals surface area contributed by atoms with Gasteiger partial charge in [-0.2, -0.15) is 0 Å². The van der Waals surface area contributed by atoms with Crippen LogP contribution in [0.25, 0.3) is 0 Å². The van der Waals surface area contributed by atoms with Gasteiger partial charge >= 0.3 is 0 Å². The second-order valence-electron chi connectivity index (χ2n) is 0.680. The fourth-order valence-corrected chi connectivity index (χ4v) is 0. The average molecular weight is 91.5 g/mol. The van der Waals surface area contributed by atoms with Crippen LogP contribution >= 0.6 is 11.6 Å². The first-order chi connectivity index (χ1) is 2.27. The molecule has 0 saturated heterocycles. The van der Waals surface area contributed by atoms with Gasteiger partial charge in [0.15, 0.2) is 0 Å². The molecule has 1 atom stereocenters. The van der Waals surface area contributed by atoms with E-state index in [9.17, 15) is 0 Å². The monoisotopic (exact) mass is 91.0 g/mol. The largest absolute Gasteiger partial charge is 0.312 e. The van der Waals surface area contributed by atoms with Crippen molar-refractivity contribution >= 4 is 11.6 Å². The van der Waals surface area contributed by atoms with Crippen LogP contribution in [0.3, 0.4) is 0 Å². The molecule has 0 bridgehead atoms. The maximum absolute atomic E-state index is 5.12. The summed E-state index contributed by atoms with van der Waals surface area (Å²) in [6.45, 7) is 3.30. The minimum atomic E-state index is -0.380. The van der Waals surface area contributed by atoms with Crippen LogP contribution in [0.15, 0.2) is 12.7 Å². The van der Waals surface area contributed by atoms with Crippen LogP contribution in [0.4, 0.5) is 0 Å². The minimum Gasteiger partial charge on any atom is -0.312 e. The Morgan fingerprint density at radius 3 is 2.20 bits per heavy atom. The minimum absolute atomic E-state index is 0.380. The molecule has 0 aromatic rings. The molecule has 0 aromatic carbocycles. The lowest BCUT2D eigenvalue weighted by Gasteiger charge is -1.82. The van der Waals surface area contributed by atoms with Crippen molar-refractivity contribution in [1.82, 2.24) is 0 Å². The number of hydrogen-bond donors (Lipinski definition) is 1. The van der Waals surface area contributed by atoms with E-state index < -0.39 is 0 Å². The number of rotatable bonds is 1. The van der Waals surface area contributed by atoms with Gasteiger partial charge in [-0.25, -0.2) is 0 Å². The summed E-state index contributed by atoms with van der Waals surface area (Å²) in [5.41, 5.74) is 4.56. The van der Waals surface area contributed by atoms with Crippen molar-refractivity contribution in [2.45, 2.75) is 5.50 Å². The van der Waals surface area contributed by atoms with E-state index in [2.05, 4.69) is 6.58 Å². The van der Waals surface area contributed by atoms with Crippen LogP contribution in [0.1, 0.15) is 0 Å². The van der Waals surface area contributed by atoms with Gasteiger partial charge in [0.25, 0.3) is 0 Å². The molecule has 30 valence electrons. The van der Waals surface area contributed by atoms with Crippen molar-refractivity contribution in [1.29, 1.82) is 0 Å². The molecule has 0 saturated carbocycles. The van der Waals surface area contributed by atoms with Crippen molar-refractivity contribution < 1.29 is 0 Å². The highest BCUT2D eigenvalue weighted by Gasteiger charge is 1.76.